The van der Waals surface area contributed by atoms with E-state index < -0.39 is 11.2 Å². The maximum atomic E-state index is 10.6. The number of nitrogens with two attached hydrogens (primary N) is 1. The minimum Gasteiger partial charge on any atom is -0.431 e. The van der Waals surface area contributed by atoms with Gasteiger partial charge in [-0.1, -0.05) is 74.5 Å². The van der Waals surface area contributed by atoms with Crippen LogP contribution in [-0.4, -0.2) is 29.7 Å². The van der Waals surface area contributed by atoms with Crippen LogP contribution in [0.1, 0.15) is 64.5 Å². The maximum Gasteiger partial charge on any atom is 0.311 e. The molecule has 2 aromatic rings. The second-order valence-corrected chi connectivity index (χ2v) is 8.25. The van der Waals surface area contributed by atoms with Crippen LogP contribution in [0, 0.1) is 0 Å². The third kappa shape index (κ3) is 6.66. The first-order chi connectivity index (χ1) is 13.7. The van der Waals surface area contributed by atoms with Gasteiger partial charge in [0.2, 0.25) is 0 Å². The number of aliphatic hydroxyl groups is 1. The second kappa shape index (κ2) is 10.4. The fourth-order valence-electron chi connectivity index (χ4n) is 2.95. The third-order valence-electron chi connectivity index (χ3n) is 5.62. The molecule has 0 saturated heterocycles. The molecule has 4 atom stereocenters. The lowest BCUT2D eigenvalue weighted by atomic mass is 9.81. The van der Waals surface area contributed by atoms with E-state index in [-0.39, 0.29) is 18.3 Å². The summed E-state index contributed by atoms with van der Waals surface area (Å²) in [5, 5.41) is 17.6. The highest BCUT2D eigenvalue weighted by Gasteiger charge is 2.38. The molecular formula is C23H35BN3O2. The van der Waals surface area contributed by atoms with Gasteiger partial charge in [-0.2, -0.15) is 0 Å². The van der Waals surface area contributed by atoms with Gasteiger partial charge in [0.05, 0.1) is 23.5 Å². The lowest BCUT2D eigenvalue weighted by Crippen LogP contribution is -2.53. The highest BCUT2D eigenvalue weighted by molar-refractivity contribution is 6.29. The van der Waals surface area contributed by atoms with Crippen molar-refractivity contribution in [3.8, 4) is 0 Å². The molecule has 0 heterocycles. The molecule has 29 heavy (non-hydrogen) atoms. The normalized spacial score (nSPS) is 17.2. The second-order valence-electron chi connectivity index (χ2n) is 8.25. The molecule has 0 aliphatic rings. The van der Waals surface area contributed by atoms with E-state index >= 15 is 0 Å². The number of hydrogen-bond acceptors (Lipinski definition) is 5. The fraction of sp³-hybridized carbons (Fsp3) is 0.478. The van der Waals surface area contributed by atoms with Crippen molar-refractivity contribution in [2.75, 3.05) is 0 Å². The molecule has 5 N–H and O–H groups in total. The van der Waals surface area contributed by atoms with Crippen LogP contribution in [0.15, 0.2) is 60.7 Å². The van der Waals surface area contributed by atoms with Crippen LogP contribution >= 0.6 is 0 Å². The van der Waals surface area contributed by atoms with Crippen molar-refractivity contribution in [1.29, 1.82) is 0 Å². The van der Waals surface area contributed by atoms with Crippen molar-refractivity contribution in [1.82, 2.24) is 10.6 Å². The Labute approximate surface area is 176 Å². The Morgan fingerprint density at radius 2 is 1.48 bits per heavy atom. The third-order valence-corrected chi connectivity index (χ3v) is 5.62. The van der Waals surface area contributed by atoms with Gasteiger partial charge in [-0.25, -0.2) is 0 Å². The molecule has 6 heteroatoms. The molecule has 2 aromatic carbocycles. The summed E-state index contributed by atoms with van der Waals surface area (Å²) in [5.74, 6) is -0.0809. The Morgan fingerprint density at radius 1 is 0.966 bits per heavy atom. The lowest BCUT2D eigenvalue weighted by Gasteiger charge is -2.40. The average Bonchev–Trinajstić information content (AvgIpc) is 2.73. The standard InChI is InChI=1S/C23H35BN3O2/c1-6-23(5,28)22(3,4)29-24-17(2)26-21(19-15-11-8-12-16-19)27-20(25)18-13-9-7-10-14-18/h7-17,20-21,26-28H,6,25H2,1-5H3. The van der Waals surface area contributed by atoms with Crippen molar-refractivity contribution in [2.24, 2.45) is 5.73 Å². The highest BCUT2D eigenvalue weighted by Crippen LogP contribution is 2.28. The summed E-state index contributed by atoms with van der Waals surface area (Å²) in [6.45, 7) is 9.57. The molecular weight excluding hydrogens is 361 g/mol. The Kier molecular flexibility index (Phi) is 8.43. The number of rotatable bonds is 11. The molecule has 157 valence electrons. The van der Waals surface area contributed by atoms with Gasteiger partial charge < -0.3 is 20.8 Å². The zero-order valence-corrected chi connectivity index (χ0v) is 18.2. The molecule has 0 fully saturated rings. The summed E-state index contributed by atoms with van der Waals surface area (Å²) >= 11 is 0. The van der Waals surface area contributed by atoms with Crippen molar-refractivity contribution < 1.29 is 9.76 Å². The Hall–Kier alpha value is -1.70. The minimum absolute atomic E-state index is 0.0809. The van der Waals surface area contributed by atoms with Crippen molar-refractivity contribution in [3.63, 3.8) is 0 Å². The lowest BCUT2D eigenvalue weighted by molar-refractivity contribution is -0.106. The van der Waals surface area contributed by atoms with Gasteiger partial charge in [0.1, 0.15) is 0 Å². The zero-order valence-electron chi connectivity index (χ0n) is 18.2. The number of nitrogens with one attached hydrogen (secondary N) is 2. The first kappa shape index (κ1) is 23.6. The van der Waals surface area contributed by atoms with Crippen LogP contribution in [0.4, 0.5) is 0 Å². The summed E-state index contributed by atoms with van der Waals surface area (Å²) in [4.78, 5) is 0. The summed E-state index contributed by atoms with van der Waals surface area (Å²) in [6, 6.07) is 20.1. The van der Waals surface area contributed by atoms with E-state index in [0.29, 0.717) is 6.42 Å². The van der Waals surface area contributed by atoms with Crippen LogP contribution < -0.4 is 16.4 Å². The molecule has 0 bridgehead atoms. The van der Waals surface area contributed by atoms with E-state index in [1.54, 1.807) is 14.4 Å². The molecule has 2 rings (SSSR count). The Balaban J connectivity index is 2.06. The quantitative estimate of drug-likeness (QED) is 0.346. The summed E-state index contributed by atoms with van der Waals surface area (Å²) < 4.78 is 5.98. The maximum absolute atomic E-state index is 10.6. The molecule has 0 amide bonds. The van der Waals surface area contributed by atoms with E-state index in [1.165, 1.54) is 0 Å². The molecule has 5 nitrogen and oxygen atoms in total. The monoisotopic (exact) mass is 396 g/mol. The van der Waals surface area contributed by atoms with E-state index in [4.69, 9.17) is 10.4 Å². The van der Waals surface area contributed by atoms with E-state index in [2.05, 4.69) is 22.8 Å². The van der Waals surface area contributed by atoms with E-state index in [1.807, 2.05) is 76.2 Å². The largest absolute Gasteiger partial charge is 0.431 e. The van der Waals surface area contributed by atoms with Gasteiger partial charge in [-0.05, 0) is 38.3 Å². The predicted octanol–water partition coefficient (Wildman–Crippen LogP) is 3.44. The molecule has 0 spiro atoms. The van der Waals surface area contributed by atoms with Crippen molar-refractivity contribution >= 4 is 7.48 Å². The predicted molar refractivity (Wildman–Crippen MR) is 120 cm³/mol. The smallest absolute Gasteiger partial charge is 0.311 e. The SMILES string of the molecule is CCC(C)(O)C(C)(C)O[B]C(C)NC(NC(N)c1ccccc1)c1ccccc1. The Morgan fingerprint density at radius 3 is 2.00 bits per heavy atom. The number of hydrogen-bond donors (Lipinski definition) is 4. The van der Waals surface area contributed by atoms with Crippen LogP contribution in [0.5, 0.6) is 0 Å². The van der Waals surface area contributed by atoms with Gasteiger partial charge in [0.15, 0.2) is 0 Å². The fourth-order valence-corrected chi connectivity index (χ4v) is 2.95. The van der Waals surface area contributed by atoms with Gasteiger partial charge in [0, 0.05) is 5.94 Å². The number of benzene rings is 2. The van der Waals surface area contributed by atoms with E-state index in [9.17, 15) is 5.11 Å². The average molecular weight is 396 g/mol. The summed E-state index contributed by atoms with van der Waals surface area (Å²) in [5.41, 5.74) is 6.88. The summed E-state index contributed by atoms with van der Waals surface area (Å²) in [7, 11) is 1.75. The molecule has 0 saturated carbocycles. The van der Waals surface area contributed by atoms with Crippen molar-refractivity contribution in [2.45, 2.75) is 70.5 Å². The van der Waals surface area contributed by atoms with Gasteiger partial charge in [0.25, 0.3) is 0 Å². The Bertz CT molecular complexity index is 725. The zero-order chi connectivity index (χ0) is 21.5. The topological polar surface area (TPSA) is 79.5 Å². The van der Waals surface area contributed by atoms with Gasteiger partial charge in [-0.3, -0.25) is 5.32 Å². The van der Waals surface area contributed by atoms with Gasteiger partial charge >= 0.3 is 7.48 Å². The molecule has 0 aliphatic heterocycles. The molecule has 1 radical (unpaired) electrons. The van der Waals surface area contributed by atoms with E-state index in [0.717, 1.165) is 11.1 Å². The first-order valence-corrected chi connectivity index (χ1v) is 10.3. The minimum atomic E-state index is -0.921. The van der Waals surface area contributed by atoms with Crippen LogP contribution in [0.25, 0.3) is 0 Å². The molecule has 0 aromatic heterocycles. The van der Waals surface area contributed by atoms with Gasteiger partial charge in [-0.15, -0.1) is 0 Å². The van der Waals surface area contributed by atoms with Crippen LogP contribution in [0.2, 0.25) is 0 Å². The van der Waals surface area contributed by atoms with Crippen LogP contribution in [0.3, 0.4) is 0 Å². The molecule has 0 aliphatic carbocycles. The van der Waals surface area contributed by atoms with Crippen LogP contribution in [-0.2, 0) is 4.65 Å². The summed E-state index contributed by atoms with van der Waals surface area (Å²) in [6.07, 6.45) is 0.116. The first-order valence-electron chi connectivity index (χ1n) is 10.3. The molecule has 4 unspecified atom stereocenters. The van der Waals surface area contributed by atoms with Crippen molar-refractivity contribution in [3.05, 3.63) is 71.8 Å². The highest BCUT2D eigenvalue weighted by atomic mass is 16.5.